The lowest BCUT2D eigenvalue weighted by molar-refractivity contribution is 0.143. The number of aryl methyl sites for hydroxylation is 2. The summed E-state index contributed by atoms with van der Waals surface area (Å²) < 4.78 is 5.17. The first-order valence-electron chi connectivity index (χ1n) is 6.51. The normalized spacial score (nSPS) is 14.5. The van der Waals surface area contributed by atoms with Crippen molar-refractivity contribution < 1.29 is 9.84 Å². The van der Waals surface area contributed by atoms with Crippen molar-refractivity contribution >= 4 is 0 Å². The highest BCUT2D eigenvalue weighted by Crippen LogP contribution is 2.19. The van der Waals surface area contributed by atoms with Crippen molar-refractivity contribution in [1.29, 1.82) is 0 Å². The number of nitrogens with one attached hydrogen (secondary N) is 1. The van der Waals surface area contributed by atoms with Gasteiger partial charge in [-0.15, -0.1) is 0 Å². The molecular formula is C15H25NO2. The van der Waals surface area contributed by atoms with Gasteiger partial charge in [0, 0.05) is 25.8 Å². The van der Waals surface area contributed by atoms with Crippen LogP contribution in [-0.4, -0.2) is 31.5 Å². The second-order valence-corrected chi connectivity index (χ2v) is 4.91. The first-order valence-corrected chi connectivity index (χ1v) is 6.51. The Morgan fingerprint density at radius 3 is 2.67 bits per heavy atom. The van der Waals surface area contributed by atoms with Gasteiger partial charge in [-0.2, -0.15) is 0 Å². The second-order valence-electron chi connectivity index (χ2n) is 4.91. The molecule has 0 radical (unpaired) electrons. The van der Waals surface area contributed by atoms with Crippen LogP contribution >= 0.6 is 0 Å². The van der Waals surface area contributed by atoms with Crippen LogP contribution in [0.4, 0.5) is 0 Å². The van der Waals surface area contributed by atoms with Gasteiger partial charge in [-0.25, -0.2) is 0 Å². The lowest BCUT2D eigenvalue weighted by atomic mass is 9.99. The molecule has 0 aliphatic rings. The minimum Gasteiger partial charge on any atom is -0.396 e. The molecule has 3 nitrogen and oxygen atoms in total. The number of aliphatic hydroxyl groups excluding tert-OH is 1. The fraction of sp³-hybridized carbons (Fsp3) is 0.600. The Balaban J connectivity index is 2.73. The molecule has 3 heteroatoms. The van der Waals surface area contributed by atoms with E-state index in [1.165, 1.54) is 16.7 Å². The minimum absolute atomic E-state index is 0.181. The predicted octanol–water partition coefficient (Wildman–Crippen LogP) is 2.35. The summed E-state index contributed by atoms with van der Waals surface area (Å²) in [6.45, 7) is 7.19. The van der Waals surface area contributed by atoms with E-state index < -0.39 is 0 Å². The molecule has 0 saturated heterocycles. The van der Waals surface area contributed by atoms with Crippen molar-refractivity contribution in [2.75, 3.05) is 20.3 Å². The van der Waals surface area contributed by atoms with Gasteiger partial charge in [-0.3, -0.25) is 0 Å². The third-order valence-electron chi connectivity index (χ3n) is 3.23. The molecule has 0 amide bonds. The summed E-state index contributed by atoms with van der Waals surface area (Å²) >= 11 is 0. The average Bonchev–Trinajstić information content (AvgIpc) is 2.33. The lowest BCUT2D eigenvalue weighted by Gasteiger charge is -2.24. The quantitative estimate of drug-likeness (QED) is 0.781. The van der Waals surface area contributed by atoms with Gasteiger partial charge < -0.3 is 15.2 Å². The van der Waals surface area contributed by atoms with E-state index in [9.17, 15) is 0 Å². The van der Waals surface area contributed by atoms with Gasteiger partial charge in [0.05, 0.1) is 6.61 Å². The third kappa shape index (κ3) is 4.41. The zero-order valence-electron chi connectivity index (χ0n) is 11.9. The van der Waals surface area contributed by atoms with Crippen LogP contribution in [0.15, 0.2) is 18.2 Å². The molecule has 1 rings (SSSR count). The van der Waals surface area contributed by atoms with Crippen LogP contribution in [0, 0.1) is 13.8 Å². The number of aliphatic hydroxyl groups is 1. The number of hydrogen-bond acceptors (Lipinski definition) is 3. The second kappa shape index (κ2) is 7.52. The highest BCUT2D eigenvalue weighted by molar-refractivity contribution is 5.32. The maximum atomic E-state index is 9.05. The number of ether oxygens (including phenoxy) is 1. The molecule has 0 bridgehead atoms. The van der Waals surface area contributed by atoms with E-state index in [0.29, 0.717) is 13.0 Å². The van der Waals surface area contributed by atoms with Crippen molar-refractivity contribution in [2.24, 2.45) is 0 Å². The van der Waals surface area contributed by atoms with E-state index >= 15 is 0 Å². The van der Waals surface area contributed by atoms with Gasteiger partial charge in [0.2, 0.25) is 0 Å². The zero-order valence-corrected chi connectivity index (χ0v) is 11.9. The Hall–Kier alpha value is -0.900. The number of hydrogen-bond donors (Lipinski definition) is 2. The molecule has 1 aromatic rings. The summed E-state index contributed by atoms with van der Waals surface area (Å²) in [6, 6.07) is 6.95. The molecule has 0 heterocycles. The van der Waals surface area contributed by atoms with Crippen molar-refractivity contribution in [3.8, 4) is 0 Å². The standard InChI is InChI=1S/C15H25NO2/c1-11-5-6-12(2)15(9-11)13(3)16-14(7-8-17)10-18-4/h5-6,9,13-14,16-17H,7-8,10H2,1-4H3. The molecule has 0 spiro atoms. The van der Waals surface area contributed by atoms with Gasteiger partial charge in [-0.05, 0) is 38.3 Å². The molecule has 18 heavy (non-hydrogen) atoms. The molecule has 0 aliphatic carbocycles. The summed E-state index contributed by atoms with van der Waals surface area (Å²) in [5, 5.41) is 12.6. The van der Waals surface area contributed by atoms with Crippen LogP contribution in [0.25, 0.3) is 0 Å². The zero-order chi connectivity index (χ0) is 13.5. The first kappa shape index (κ1) is 15.2. The van der Waals surface area contributed by atoms with Gasteiger partial charge in [0.15, 0.2) is 0 Å². The van der Waals surface area contributed by atoms with E-state index in [-0.39, 0.29) is 18.7 Å². The van der Waals surface area contributed by atoms with Crippen molar-refractivity contribution in [3.63, 3.8) is 0 Å². The van der Waals surface area contributed by atoms with E-state index in [4.69, 9.17) is 9.84 Å². The van der Waals surface area contributed by atoms with Gasteiger partial charge in [-0.1, -0.05) is 23.8 Å². The van der Waals surface area contributed by atoms with Crippen LogP contribution in [0.2, 0.25) is 0 Å². The van der Waals surface area contributed by atoms with Crippen LogP contribution < -0.4 is 5.32 Å². The topological polar surface area (TPSA) is 41.5 Å². The molecule has 2 atom stereocenters. The van der Waals surface area contributed by atoms with Crippen LogP contribution in [0.3, 0.4) is 0 Å². The minimum atomic E-state index is 0.181. The Morgan fingerprint density at radius 2 is 2.06 bits per heavy atom. The molecule has 1 aromatic carbocycles. The number of methoxy groups -OCH3 is 1. The Bertz CT molecular complexity index is 360. The Kier molecular flexibility index (Phi) is 6.33. The van der Waals surface area contributed by atoms with Gasteiger partial charge in [0.1, 0.15) is 0 Å². The van der Waals surface area contributed by atoms with Gasteiger partial charge >= 0.3 is 0 Å². The summed E-state index contributed by atoms with van der Waals surface area (Å²) in [4.78, 5) is 0. The van der Waals surface area contributed by atoms with Gasteiger partial charge in [0.25, 0.3) is 0 Å². The van der Waals surface area contributed by atoms with E-state index in [0.717, 1.165) is 0 Å². The molecule has 2 unspecified atom stereocenters. The highest BCUT2D eigenvalue weighted by Gasteiger charge is 2.14. The monoisotopic (exact) mass is 251 g/mol. The largest absolute Gasteiger partial charge is 0.396 e. The SMILES string of the molecule is COCC(CCO)NC(C)c1cc(C)ccc1C. The molecule has 0 aromatic heterocycles. The number of benzene rings is 1. The summed E-state index contributed by atoms with van der Waals surface area (Å²) in [6.07, 6.45) is 0.711. The van der Waals surface area contributed by atoms with Crippen LogP contribution in [-0.2, 0) is 4.74 Å². The number of rotatable bonds is 7. The fourth-order valence-electron chi connectivity index (χ4n) is 2.24. The van der Waals surface area contributed by atoms with Crippen molar-refractivity contribution in [2.45, 2.75) is 39.3 Å². The fourth-order valence-corrected chi connectivity index (χ4v) is 2.24. The molecule has 0 fully saturated rings. The molecule has 102 valence electrons. The van der Waals surface area contributed by atoms with Crippen molar-refractivity contribution in [3.05, 3.63) is 34.9 Å². The maximum Gasteiger partial charge on any atom is 0.0616 e. The summed E-state index contributed by atoms with van der Waals surface area (Å²) in [5.41, 5.74) is 3.88. The lowest BCUT2D eigenvalue weighted by Crippen LogP contribution is -2.36. The highest BCUT2D eigenvalue weighted by atomic mass is 16.5. The smallest absolute Gasteiger partial charge is 0.0616 e. The van der Waals surface area contributed by atoms with E-state index in [1.54, 1.807) is 7.11 Å². The van der Waals surface area contributed by atoms with E-state index in [1.807, 2.05) is 0 Å². The first-order chi connectivity index (χ1) is 8.58. The van der Waals surface area contributed by atoms with Crippen molar-refractivity contribution in [1.82, 2.24) is 5.32 Å². The van der Waals surface area contributed by atoms with E-state index in [2.05, 4.69) is 44.3 Å². The molecule has 2 N–H and O–H groups in total. The Morgan fingerprint density at radius 1 is 1.33 bits per heavy atom. The summed E-state index contributed by atoms with van der Waals surface area (Å²) in [7, 11) is 1.69. The summed E-state index contributed by atoms with van der Waals surface area (Å²) in [5.74, 6) is 0. The third-order valence-corrected chi connectivity index (χ3v) is 3.23. The Labute approximate surface area is 110 Å². The predicted molar refractivity (Wildman–Crippen MR) is 74.8 cm³/mol. The molecular weight excluding hydrogens is 226 g/mol. The average molecular weight is 251 g/mol. The molecule has 0 aliphatic heterocycles. The maximum absolute atomic E-state index is 9.05. The van der Waals surface area contributed by atoms with Crippen LogP contribution in [0.1, 0.15) is 36.1 Å². The van der Waals surface area contributed by atoms with Crippen LogP contribution in [0.5, 0.6) is 0 Å². The molecule has 0 saturated carbocycles.